The number of nitrogens with zero attached hydrogens (tertiary/aromatic N) is 2. The molecule has 0 saturated carbocycles. The van der Waals surface area contributed by atoms with Gasteiger partial charge in [0.15, 0.2) is 0 Å². The zero-order valence-corrected chi connectivity index (χ0v) is 9.98. The molecule has 0 spiro atoms. The van der Waals surface area contributed by atoms with Crippen LogP contribution < -0.4 is 5.32 Å². The first kappa shape index (κ1) is 13.2. The van der Waals surface area contributed by atoms with Gasteiger partial charge < -0.3 is 9.88 Å². The molecule has 2 rings (SSSR count). The van der Waals surface area contributed by atoms with E-state index in [4.69, 9.17) is 0 Å². The highest BCUT2D eigenvalue weighted by molar-refractivity contribution is 5.59. The standard InChI is InChI=1S/C13H12F3N3/c1-2-8-19-9-7-17-12(19)18-11-6-4-3-5-10(11)13(14,15)16/h2-7,9H,1,8H2,(H,17,18). The first-order chi connectivity index (χ1) is 9.02. The van der Waals surface area contributed by atoms with Crippen LogP contribution in [-0.4, -0.2) is 9.55 Å². The van der Waals surface area contributed by atoms with Crippen molar-refractivity contribution in [3.05, 3.63) is 54.9 Å². The van der Waals surface area contributed by atoms with Crippen LogP contribution in [0.5, 0.6) is 0 Å². The largest absolute Gasteiger partial charge is 0.418 e. The van der Waals surface area contributed by atoms with E-state index in [1.165, 1.54) is 18.3 Å². The molecule has 0 amide bonds. The summed E-state index contributed by atoms with van der Waals surface area (Å²) in [5, 5.41) is 2.70. The van der Waals surface area contributed by atoms with Crippen molar-refractivity contribution in [3.63, 3.8) is 0 Å². The number of hydrogen-bond acceptors (Lipinski definition) is 2. The third kappa shape index (κ3) is 2.96. The zero-order valence-electron chi connectivity index (χ0n) is 9.98. The summed E-state index contributed by atoms with van der Waals surface area (Å²) in [4.78, 5) is 3.99. The highest BCUT2D eigenvalue weighted by Crippen LogP contribution is 2.35. The summed E-state index contributed by atoms with van der Waals surface area (Å²) in [6.07, 6.45) is 0.421. The van der Waals surface area contributed by atoms with Gasteiger partial charge in [-0.15, -0.1) is 6.58 Å². The van der Waals surface area contributed by atoms with Gasteiger partial charge in [-0.05, 0) is 12.1 Å². The molecule has 1 aromatic heterocycles. The van der Waals surface area contributed by atoms with Gasteiger partial charge in [0, 0.05) is 18.9 Å². The van der Waals surface area contributed by atoms with Crippen molar-refractivity contribution in [1.29, 1.82) is 0 Å². The molecule has 0 aliphatic heterocycles. The van der Waals surface area contributed by atoms with Crippen LogP contribution in [0.4, 0.5) is 24.8 Å². The molecule has 0 radical (unpaired) electrons. The van der Waals surface area contributed by atoms with Crippen molar-refractivity contribution in [2.75, 3.05) is 5.32 Å². The lowest BCUT2D eigenvalue weighted by atomic mass is 10.1. The van der Waals surface area contributed by atoms with E-state index >= 15 is 0 Å². The Hall–Kier alpha value is -2.24. The van der Waals surface area contributed by atoms with Crippen molar-refractivity contribution in [2.45, 2.75) is 12.7 Å². The van der Waals surface area contributed by atoms with Gasteiger partial charge in [0.2, 0.25) is 5.95 Å². The van der Waals surface area contributed by atoms with Crippen LogP contribution in [0.1, 0.15) is 5.56 Å². The van der Waals surface area contributed by atoms with Crippen LogP contribution in [-0.2, 0) is 12.7 Å². The number of benzene rings is 1. The van der Waals surface area contributed by atoms with Gasteiger partial charge in [-0.3, -0.25) is 0 Å². The van der Waals surface area contributed by atoms with E-state index in [0.717, 1.165) is 6.07 Å². The minimum atomic E-state index is -4.40. The van der Waals surface area contributed by atoms with E-state index in [1.807, 2.05) is 0 Å². The average Bonchev–Trinajstić information content (AvgIpc) is 2.77. The number of hydrogen-bond donors (Lipinski definition) is 1. The summed E-state index contributed by atoms with van der Waals surface area (Å²) in [6, 6.07) is 5.29. The molecular weight excluding hydrogens is 255 g/mol. The first-order valence-electron chi connectivity index (χ1n) is 5.57. The van der Waals surface area contributed by atoms with Crippen molar-refractivity contribution in [3.8, 4) is 0 Å². The summed E-state index contributed by atoms with van der Waals surface area (Å²) >= 11 is 0. The van der Waals surface area contributed by atoms with Crippen LogP contribution in [0.15, 0.2) is 49.3 Å². The molecule has 0 atom stereocenters. The fourth-order valence-electron chi connectivity index (χ4n) is 1.68. The maximum absolute atomic E-state index is 12.8. The van der Waals surface area contributed by atoms with Crippen LogP contribution >= 0.6 is 0 Å². The number of rotatable bonds is 4. The zero-order chi connectivity index (χ0) is 13.9. The molecule has 0 bridgehead atoms. The number of alkyl halides is 3. The molecule has 0 unspecified atom stereocenters. The van der Waals surface area contributed by atoms with E-state index < -0.39 is 11.7 Å². The molecule has 0 aliphatic carbocycles. The summed E-state index contributed by atoms with van der Waals surface area (Å²) in [5.41, 5.74) is -0.741. The Morgan fingerprint density at radius 1 is 1.32 bits per heavy atom. The maximum atomic E-state index is 12.8. The number of nitrogens with one attached hydrogen (secondary N) is 1. The van der Waals surface area contributed by atoms with Crippen LogP contribution in [0, 0.1) is 0 Å². The summed E-state index contributed by atoms with van der Waals surface area (Å²) < 4.78 is 40.2. The molecule has 100 valence electrons. The maximum Gasteiger partial charge on any atom is 0.418 e. The van der Waals surface area contributed by atoms with Gasteiger partial charge in [-0.25, -0.2) is 4.98 Å². The Balaban J connectivity index is 2.33. The Labute approximate surface area is 108 Å². The van der Waals surface area contributed by atoms with E-state index in [2.05, 4.69) is 16.9 Å². The van der Waals surface area contributed by atoms with E-state index in [1.54, 1.807) is 22.9 Å². The van der Waals surface area contributed by atoms with Gasteiger partial charge in [0.1, 0.15) is 0 Å². The van der Waals surface area contributed by atoms with Crippen molar-refractivity contribution >= 4 is 11.6 Å². The van der Waals surface area contributed by atoms with Crippen molar-refractivity contribution in [1.82, 2.24) is 9.55 Å². The highest BCUT2D eigenvalue weighted by Gasteiger charge is 2.33. The summed E-state index contributed by atoms with van der Waals surface area (Å²) in [6.45, 7) is 4.05. The van der Waals surface area contributed by atoms with Gasteiger partial charge in [0.25, 0.3) is 0 Å². The Bertz CT molecular complexity index is 573. The molecule has 1 N–H and O–H groups in total. The van der Waals surface area contributed by atoms with E-state index in [-0.39, 0.29) is 5.69 Å². The molecule has 2 aromatic rings. The fourth-order valence-corrected chi connectivity index (χ4v) is 1.68. The third-order valence-corrected chi connectivity index (χ3v) is 2.52. The van der Waals surface area contributed by atoms with Crippen LogP contribution in [0.2, 0.25) is 0 Å². The molecular formula is C13H12F3N3. The molecule has 1 heterocycles. The number of aromatic nitrogens is 2. The molecule has 0 saturated heterocycles. The summed E-state index contributed by atoms with van der Waals surface area (Å²) in [7, 11) is 0. The average molecular weight is 267 g/mol. The highest BCUT2D eigenvalue weighted by atomic mass is 19.4. The predicted octanol–water partition coefficient (Wildman–Crippen LogP) is 3.83. The second-order valence-corrected chi connectivity index (χ2v) is 3.86. The summed E-state index contributed by atoms with van der Waals surface area (Å²) in [5.74, 6) is 0.344. The number of allylic oxidation sites excluding steroid dienone is 1. The van der Waals surface area contributed by atoms with Gasteiger partial charge in [-0.1, -0.05) is 18.2 Å². The molecule has 1 aromatic carbocycles. The number of anilines is 2. The third-order valence-electron chi connectivity index (χ3n) is 2.52. The van der Waals surface area contributed by atoms with Crippen LogP contribution in [0.3, 0.4) is 0 Å². The minimum Gasteiger partial charge on any atom is -0.325 e. The molecule has 19 heavy (non-hydrogen) atoms. The molecule has 6 heteroatoms. The predicted molar refractivity (Wildman–Crippen MR) is 67.2 cm³/mol. The Morgan fingerprint density at radius 2 is 2.05 bits per heavy atom. The van der Waals surface area contributed by atoms with Crippen molar-refractivity contribution in [2.24, 2.45) is 0 Å². The van der Waals surface area contributed by atoms with E-state index in [0.29, 0.717) is 12.5 Å². The molecule has 3 nitrogen and oxygen atoms in total. The lowest BCUT2D eigenvalue weighted by Gasteiger charge is -2.14. The lowest BCUT2D eigenvalue weighted by Crippen LogP contribution is -2.10. The monoisotopic (exact) mass is 267 g/mol. The number of halogens is 3. The molecule has 0 aliphatic rings. The SMILES string of the molecule is C=CCn1ccnc1Nc1ccccc1C(F)(F)F. The van der Waals surface area contributed by atoms with Gasteiger partial charge >= 0.3 is 6.18 Å². The molecule has 0 fully saturated rings. The van der Waals surface area contributed by atoms with Gasteiger partial charge in [-0.2, -0.15) is 13.2 Å². The van der Waals surface area contributed by atoms with Gasteiger partial charge in [0.05, 0.1) is 11.3 Å². The first-order valence-corrected chi connectivity index (χ1v) is 5.57. The normalized spacial score (nSPS) is 11.3. The lowest BCUT2D eigenvalue weighted by molar-refractivity contribution is -0.136. The number of para-hydroxylation sites is 1. The smallest absolute Gasteiger partial charge is 0.325 e. The topological polar surface area (TPSA) is 29.9 Å². The Kier molecular flexibility index (Phi) is 3.59. The van der Waals surface area contributed by atoms with Crippen LogP contribution in [0.25, 0.3) is 0 Å². The van der Waals surface area contributed by atoms with E-state index in [9.17, 15) is 13.2 Å². The minimum absolute atomic E-state index is 0.0217. The second kappa shape index (κ2) is 5.17. The quantitative estimate of drug-likeness (QED) is 0.853. The Morgan fingerprint density at radius 3 is 2.74 bits per heavy atom. The fraction of sp³-hybridized carbons (Fsp3) is 0.154. The second-order valence-electron chi connectivity index (χ2n) is 3.86. The van der Waals surface area contributed by atoms with Crippen molar-refractivity contribution < 1.29 is 13.2 Å². The number of imidazole rings is 1.